The first kappa shape index (κ1) is 14.7. The molecule has 0 aromatic carbocycles. The minimum Gasteiger partial charge on any atom is -0.391 e. The number of thiophene rings is 1. The molecule has 0 radical (unpaired) electrons. The highest BCUT2D eigenvalue weighted by Crippen LogP contribution is 2.31. The Morgan fingerprint density at radius 3 is 3.00 bits per heavy atom. The Kier molecular flexibility index (Phi) is 4.10. The van der Waals surface area contributed by atoms with Gasteiger partial charge in [0.05, 0.1) is 11.8 Å². The molecular weight excluding hydrogens is 304 g/mol. The Hall–Kier alpha value is -1.24. The molecule has 21 heavy (non-hydrogen) atoms. The van der Waals surface area contributed by atoms with Crippen LogP contribution in [-0.2, 0) is 0 Å². The van der Waals surface area contributed by atoms with Crippen molar-refractivity contribution in [1.82, 2.24) is 9.88 Å². The molecule has 1 aliphatic heterocycles. The maximum absolute atomic E-state index is 12.6. The summed E-state index contributed by atoms with van der Waals surface area (Å²) in [5, 5.41) is 14.9. The summed E-state index contributed by atoms with van der Waals surface area (Å²) in [6, 6.07) is 2.02. The number of carbonyl (C=O) groups is 1. The fraction of sp³-hybridized carbons (Fsp3) is 0.467. The fourth-order valence-electron chi connectivity index (χ4n) is 2.48. The van der Waals surface area contributed by atoms with E-state index >= 15 is 0 Å². The molecule has 2 aromatic rings. The van der Waals surface area contributed by atoms with Gasteiger partial charge in [-0.15, -0.1) is 11.3 Å². The van der Waals surface area contributed by atoms with Gasteiger partial charge in [-0.1, -0.05) is 6.92 Å². The lowest BCUT2D eigenvalue weighted by Gasteiger charge is -2.34. The number of rotatable bonds is 2. The van der Waals surface area contributed by atoms with Gasteiger partial charge in [-0.2, -0.15) is 11.3 Å². The van der Waals surface area contributed by atoms with Crippen molar-refractivity contribution in [3.63, 3.8) is 0 Å². The molecule has 4 nitrogen and oxygen atoms in total. The number of aromatic nitrogens is 1. The number of aliphatic hydroxyl groups is 1. The van der Waals surface area contributed by atoms with Gasteiger partial charge in [0.15, 0.2) is 0 Å². The maximum atomic E-state index is 12.6. The minimum absolute atomic E-state index is 0.00238. The van der Waals surface area contributed by atoms with E-state index in [1.54, 1.807) is 16.2 Å². The van der Waals surface area contributed by atoms with Gasteiger partial charge in [0.1, 0.15) is 9.88 Å². The molecule has 0 spiro atoms. The lowest BCUT2D eigenvalue weighted by molar-refractivity contribution is 0.0251. The number of carbonyl (C=O) groups excluding carboxylic acids is 1. The first-order chi connectivity index (χ1) is 10.1. The van der Waals surface area contributed by atoms with Crippen LogP contribution in [0.2, 0.25) is 0 Å². The molecule has 0 saturated carbocycles. The maximum Gasteiger partial charge on any atom is 0.265 e. The summed E-state index contributed by atoms with van der Waals surface area (Å²) >= 11 is 3.07. The average Bonchev–Trinajstić information content (AvgIpc) is 3.10. The number of aliphatic hydroxyl groups excluding tert-OH is 1. The van der Waals surface area contributed by atoms with Gasteiger partial charge in [-0.3, -0.25) is 4.79 Å². The quantitative estimate of drug-likeness (QED) is 0.924. The number of hydrogen-bond acceptors (Lipinski definition) is 5. The summed E-state index contributed by atoms with van der Waals surface area (Å²) in [5.74, 6) is 0.260. The van der Waals surface area contributed by atoms with Crippen LogP contribution in [-0.4, -0.2) is 40.1 Å². The van der Waals surface area contributed by atoms with Crippen molar-refractivity contribution in [2.75, 3.05) is 13.1 Å². The van der Waals surface area contributed by atoms with E-state index in [0.717, 1.165) is 22.7 Å². The molecule has 3 heterocycles. The van der Waals surface area contributed by atoms with Crippen LogP contribution in [0, 0.1) is 12.8 Å². The lowest BCUT2D eigenvalue weighted by Crippen LogP contribution is -2.45. The summed E-state index contributed by atoms with van der Waals surface area (Å²) < 4.78 is 0. The van der Waals surface area contributed by atoms with Crippen LogP contribution in [0.5, 0.6) is 0 Å². The molecule has 2 atom stereocenters. The fourth-order valence-corrected chi connectivity index (χ4v) is 4.23. The van der Waals surface area contributed by atoms with E-state index < -0.39 is 6.10 Å². The summed E-state index contributed by atoms with van der Waals surface area (Å²) in [6.07, 6.45) is 0.426. The van der Waals surface area contributed by atoms with E-state index in [9.17, 15) is 9.90 Å². The van der Waals surface area contributed by atoms with E-state index in [-0.39, 0.29) is 11.8 Å². The predicted octanol–water partition coefficient (Wildman–Crippen LogP) is 3.02. The molecule has 1 aliphatic rings. The molecule has 0 bridgehead atoms. The Balaban J connectivity index is 1.82. The number of hydrogen-bond donors (Lipinski definition) is 1. The second kappa shape index (κ2) is 5.87. The van der Waals surface area contributed by atoms with Gasteiger partial charge in [-0.25, -0.2) is 4.98 Å². The van der Waals surface area contributed by atoms with Crippen LogP contribution in [0.25, 0.3) is 10.6 Å². The number of β-amino-alcohol motifs (C(OH)–C–C–N with tert-alkyl or cyclic N) is 1. The SMILES string of the molecule is Cc1nc(-c2ccsc2)sc1C(=O)N1CCC(C)C(O)C1. The van der Waals surface area contributed by atoms with Gasteiger partial charge in [0.25, 0.3) is 5.91 Å². The van der Waals surface area contributed by atoms with Crippen LogP contribution in [0.4, 0.5) is 0 Å². The van der Waals surface area contributed by atoms with Crippen molar-refractivity contribution in [3.8, 4) is 10.6 Å². The zero-order valence-corrected chi connectivity index (χ0v) is 13.7. The molecule has 2 aromatic heterocycles. The second-order valence-corrected chi connectivity index (χ2v) is 7.31. The molecule has 1 amide bonds. The van der Waals surface area contributed by atoms with Crippen molar-refractivity contribution in [1.29, 1.82) is 0 Å². The lowest BCUT2D eigenvalue weighted by atomic mass is 9.96. The predicted molar refractivity (Wildman–Crippen MR) is 85.9 cm³/mol. The van der Waals surface area contributed by atoms with Crippen molar-refractivity contribution >= 4 is 28.6 Å². The van der Waals surface area contributed by atoms with Crippen LogP contribution < -0.4 is 0 Å². The van der Waals surface area contributed by atoms with E-state index in [1.807, 2.05) is 30.7 Å². The highest BCUT2D eigenvalue weighted by molar-refractivity contribution is 7.17. The molecule has 6 heteroatoms. The summed E-state index contributed by atoms with van der Waals surface area (Å²) in [6.45, 7) is 5.04. The molecule has 1 saturated heterocycles. The Labute approximate surface area is 132 Å². The Bertz CT molecular complexity index is 636. The van der Waals surface area contributed by atoms with E-state index in [4.69, 9.17) is 0 Å². The molecular formula is C15H18N2O2S2. The number of aryl methyl sites for hydroxylation is 1. The van der Waals surface area contributed by atoms with Gasteiger partial charge in [-0.05, 0) is 30.7 Å². The molecule has 112 valence electrons. The number of nitrogens with zero attached hydrogens (tertiary/aromatic N) is 2. The summed E-state index contributed by atoms with van der Waals surface area (Å²) in [4.78, 5) is 19.6. The highest BCUT2D eigenvalue weighted by atomic mass is 32.1. The van der Waals surface area contributed by atoms with E-state index in [1.165, 1.54) is 11.3 Å². The van der Waals surface area contributed by atoms with Crippen molar-refractivity contribution in [2.24, 2.45) is 5.92 Å². The zero-order chi connectivity index (χ0) is 15.0. The van der Waals surface area contributed by atoms with Crippen LogP contribution in [0.3, 0.4) is 0 Å². The topological polar surface area (TPSA) is 53.4 Å². The smallest absolute Gasteiger partial charge is 0.265 e. The van der Waals surface area contributed by atoms with Crippen LogP contribution >= 0.6 is 22.7 Å². The van der Waals surface area contributed by atoms with Gasteiger partial charge in [0, 0.05) is 24.0 Å². The van der Waals surface area contributed by atoms with Gasteiger partial charge < -0.3 is 10.0 Å². The number of piperidine rings is 1. The molecule has 1 fully saturated rings. The first-order valence-electron chi connectivity index (χ1n) is 7.03. The summed E-state index contributed by atoms with van der Waals surface area (Å²) in [5.41, 5.74) is 1.85. The third kappa shape index (κ3) is 2.88. The van der Waals surface area contributed by atoms with E-state index in [0.29, 0.717) is 18.0 Å². The Morgan fingerprint density at radius 1 is 1.52 bits per heavy atom. The minimum atomic E-state index is -0.424. The normalized spacial score (nSPS) is 22.5. The van der Waals surface area contributed by atoms with E-state index in [2.05, 4.69) is 4.98 Å². The second-order valence-electron chi connectivity index (χ2n) is 5.53. The van der Waals surface area contributed by atoms with Crippen LogP contribution in [0.15, 0.2) is 16.8 Å². The van der Waals surface area contributed by atoms with Crippen LogP contribution in [0.1, 0.15) is 28.7 Å². The Morgan fingerprint density at radius 2 is 2.33 bits per heavy atom. The zero-order valence-electron chi connectivity index (χ0n) is 12.1. The van der Waals surface area contributed by atoms with Gasteiger partial charge >= 0.3 is 0 Å². The molecule has 2 unspecified atom stereocenters. The van der Waals surface area contributed by atoms with Crippen molar-refractivity contribution in [3.05, 3.63) is 27.4 Å². The average molecular weight is 322 g/mol. The highest BCUT2D eigenvalue weighted by Gasteiger charge is 2.29. The number of amides is 1. The monoisotopic (exact) mass is 322 g/mol. The standard InChI is InChI=1S/C15H18N2O2S2/c1-9-3-5-17(7-12(9)18)15(19)13-10(2)16-14(21-13)11-4-6-20-8-11/h4,6,8-9,12,18H,3,5,7H2,1-2H3. The first-order valence-corrected chi connectivity index (χ1v) is 8.79. The largest absolute Gasteiger partial charge is 0.391 e. The third-order valence-electron chi connectivity index (χ3n) is 3.96. The number of likely N-dealkylation sites (tertiary alicyclic amines) is 1. The number of thiazole rings is 1. The van der Waals surface area contributed by atoms with Crippen molar-refractivity contribution in [2.45, 2.75) is 26.4 Å². The molecule has 0 aliphatic carbocycles. The summed E-state index contributed by atoms with van der Waals surface area (Å²) in [7, 11) is 0. The molecule has 3 rings (SSSR count). The van der Waals surface area contributed by atoms with Gasteiger partial charge in [0.2, 0.25) is 0 Å². The molecule has 1 N–H and O–H groups in total. The third-order valence-corrected chi connectivity index (χ3v) is 5.84. The van der Waals surface area contributed by atoms with Crippen molar-refractivity contribution < 1.29 is 9.90 Å².